The summed E-state index contributed by atoms with van der Waals surface area (Å²) >= 11 is 6.50. The molecule has 10 nitrogen and oxygen atoms in total. The number of carbonyl (C=O) groups excluding carboxylic acids is 3. The predicted octanol–water partition coefficient (Wildman–Crippen LogP) is 3.30. The highest BCUT2D eigenvalue weighted by Crippen LogP contribution is 2.55. The van der Waals surface area contributed by atoms with Gasteiger partial charge in [-0.2, -0.15) is 0 Å². The van der Waals surface area contributed by atoms with Gasteiger partial charge in [0.25, 0.3) is 0 Å². The van der Waals surface area contributed by atoms with Crippen molar-refractivity contribution in [3.63, 3.8) is 0 Å². The fourth-order valence-corrected chi connectivity index (χ4v) is 5.68. The van der Waals surface area contributed by atoms with E-state index in [1.807, 2.05) is 0 Å². The Labute approximate surface area is 222 Å². The highest BCUT2D eigenvalue weighted by Gasteiger charge is 2.63. The number of fused-ring (bicyclic) bond motifs is 1. The molecule has 1 spiro atoms. The first kappa shape index (κ1) is 25.6. The molecule has 2 aromatic rings. The minimum Gasteiger partial charge on any atom is -0.496 e. The Kier molecular flexibility index (Phi) is 6.30. The number of carbonyl (C=O) groups is 4. The number of methoxy groups -OCH3 is 2. The molecule has 1 amide bonds. The Morgan fingerprint density at radius 3 is 2.42 bits per heavy atom. The van der Waals surface area contributed by atoms with Crippen LogP contribution >= 0.6 is 11.6 Å². The molecule has 0 fully saturated rings. The average Bonchev–Trinajstić information content (AvgIpc) is 3.21. The highest BCUT2D eigenvalue weighted by atomic mass is 35.5. The van der Waals surface area contributed by atoms with Crippen LogP contribution in [0.5, 0.6) is 23.0 Å². The molecule has 0 bridgehead atoms. The Morgan fingerprint density at radius 2 is 1.79 bits per heavy atom. The van der Waals surface area contributed by atoms with Gasteiger partial charge in [-0.25, -0.2) is 4.79 Å². The summed E-state index contributed by atoms with van der Waals surface area (Å²) < 4.78 is 22.1. The molecule has 11 heteroatoms. The SMILES string of the molecule is COc1cc(OC)c2c(c1Cl)O[C@@]1(C(=O)C3=C(C[C@H]1C)NC(=O)CC3c1ccc(OCC(=O)O)cc1)C2=O. The zero-order valence-electron chi connectivity index (χ0n) is 20.8. The maximum atomic E-state index is 14.3. The lowest BCUT2D eigenvalue weighted by molar-refractivity contribution is -0.139. The summed E-state index contributed by atoms with van der Waals surface area (Å²) in [5.41, 5.74) is -0.462. The van der Waals surface area contributed by atoms with Crippen molar-refractivity contribution in [1.82, 2.24) is 5.32 Å². The van der Waals surface area contributed by atoms with E-state index in [0.717, 1.165) is 0 Å². The third-order valence-electron chi connectivity index (χ3n) is 7.20. The fourth-order valence-electron chi connectivity index (χ4n) is 5.42. The van der Waals surface area contributed by atoms with Crippen LogP contribution < -0.4 is 24.3 Å². The normalized spacial score (nSPS) is 23.9. The van der Waals surface area contributed by atoms with E-state index in [9.17, 15) is 19.2 Å². The van der Waals surface area contributed by atoms with Gasteiger partial charge >= 0.3 is 5.97 Å². The minimum absolute atomic E-state index is 0.0217. The van der Waals surface area contributed by atoms with E-state index in [1.54, 1.807) is 31.2 Å². The number of ether oxygens (including phenoxy) is 4. The lowest BCUT2D eigenvalue weighted by atomic mass is 9.66. The van der Waals surface area contributed by atoms with Gasteiger partial charge < -0.3 is 29.4 Å². The molecule has 3 aliphatic rings. The molecule has 0 radical (unpaired) electrons. The van der Waals surface area contributed by atoms with Crippen LogP contribution in [0.4, 0.5) is 0 Å². The summed E-state index contributed by atoms with van der Waals surface area (Å²) in [6, 6.07) is 7.95. The number of Topliss-reactive ketones (excluding diaryl/α,β-unsaturated/α-hetero) is 2. The molecular formula is C27H24ClNO9. The zero-order chi connectivity index (χ0) is 27.4. The van der Waals surface area contributed by atoms with Crippen molar-refractivity contribution in [2.75, 3.05) is 20.8 Å². The monoisotopic (exact) mass is 541 g/mol. The molecule has 2 N–H and O–H groups in total. The number of nitrogens with one attached hydrogen (secondary N) is 1. The van der Waals surface area contributed by atoms with Crippen LogP contribution in [0.15, 0.2) is 41.6 Å². The van der Waals surface area contributed by atoms with Crippen molar-refractivity contribution in [1.29, 1.82) is 0 Å². The van der Waals surface area contributed by atoms with Gasteiger partial charge in [0.15, 0.2) is 12.4 Å². The van der Waals surface area contributed by atoms with E-state index in [4.69, 9.17) is 35.7 Å². The van der Waals surface area contributed by atoms with E-state index in [0.29, 0.717) is 17.0 Å². The van der Waals surface area contributed by atoms with Crippen LogP contribution in [0.1, 0.15) is 41.6 Å². The van der Waals surface area contributed by atoms with Crippen molar-refractivity contribution < 1.29 is 43.2 Å². The number of benzene rings is 2. The first-order valence-electron chi connectivity index (χ1n) is 11.8. The van der Waals surface area contributed by atoms with Crippen molar-refractivity contribution in [3.8, 4) is 23.0 Å². The topological polar surface area (TPSA) is 137 Å². The number of carboxylic acids is 1. The maximum absolute atomic E-state index is 14.3. The molecule has 2 aromatic carbocycles. The van der Waals surface area contributed by atoms with Gasteiger partial charge in [-0.3, -0.25) is 14.4 Å². The zero-order valence-corrected chi connectivity index (χ0v) is 21.5. The van der Waals surface area contributed by atoms with E-state index in [1.165, 1.54) is 20.3 Å². The molecular weight excluding hydrogens is 518 g/mol. The summed E-state index contributed by atoms with van der Waals surface area (Å²) in [5.74, 6) is -3.03. The number of ketones is 2. The number of hydrogen-bond acceptors (Lipinski definition) is 8. The van der Waals surface area contributed by atoms with E-state index in [2.05, 4.69) is 5.32 Å². The van der Waals surface area contributed by atoms with Crippen LogP contribution in [0, 0.1) is 5.92 Å². The van der Waals surface area contributed by atoms with Gasteiger partial charge in [0.05, 0.1) is 14.2 Å². The van der Waals surface area contributed by atoms with E-state index in [-0.39, 0.29) is 52.2 Å². The van der Waals surface area contributed by atoms with Crippen LogP contribution in [-0.4, -0.2) is 55.0 Å². The molecule has 1 unspecified atom stereocenters. The minimum atomic E-state index is -1.89. The second-order valence-corrected chi connectivity index (χ2v) is 9.73. The molecule has 0 saturated carbocycles. The number of hydrogen-bond donors (Lipinski definition) is 2. The fraction of sp³-hybridized carbons (Fsp3) is 0.333. The number of carboxylic acid groups (broad SMARTS) is 1. The van der Waals surface area contributed by atoms with Crippen molar-refractivity contribution >= 4 is 35.0 Å². The molecule has 1 aliphatic carbocycles. The van der Waals surface area contributed by atoms with Crippen LogP contribution in [-0.2, 0) is 14.4 Å². The Balaban J connectivity index is 1.57. The van der Waals surface area contributed by atoms with Crippen LogP contribution in [0.3, 0.4) is 0 Å². The Bertz CT molecular complexity index is 1410. The number of halogens is 1. The lowest BCUT2D eigenvalue weighted by Gasteiger charge is -2.41. The number of allylic oxidation sites excluding steroid dienone is 1. The Morgan fingerprint density at radius 1 is 1.11 bits per heavy atom. The van der Waals surface area contributed by atoms with Crippen molar-refractivity contribution in [2.24, 2.45) is 5.92 Å². The summed E-state index contributed by atoms with van der Waals surface area (Å²) in [7, 11) is 2.81. The second-order valence-electron chi connectivity index (χ2n) is 9.35. The molecule has 3 atom stereocenters. The van der Waals surface area contributed by atoms with Gasteiger partial charge in [-0.1, -0.05) is 30.7 Å². The summed E-state index contributed by atoms with van der Waals surface area (Å²) in [5, 5.41) is 11.7. The second kappa shape index (κ2) is 9.36. The van der Waals surface area contributed by atoms with Gasteiger partial charge in [0.1, 0.15) is 27.8 Å². The maximum Gasteiger partial charge on any atom is 0.341 e. The molecule has 2 heterocycles. The van der Waals surface area contributed by atoms with Gasteiger partial charge in [0.2, 0.25) is 23.1 Å². The van der Waals surface area contributed by atoms with Crippen molar-refractivity contribution in [2.45, 2.75) is 31.3 Å². The average molecular weight is 542 g/mol. The summed E-state index contributed by atoms with van der Waals surface area (Å²) in [4.78, 5) is 51.7. The van der Waals surface area contributed by atoms with Gasteiger partial charge in [0, 0.05) is 35.6 Å². The molecule has 0 saturated heterocycles. The number of amides is 1. The smallest absolute Gasteiger partial charge is 0.341 e. The van der Waals surface area contributed by atoms with Gasteiger partial charge in [-0.15, -0.1) is 0 Å². The van der Waals surface area contributed by atoms with Crippen molar-refractivity contribution in [3.05, 3.63) is 57.8 Å². The quantitative estimate of drug-likeness (QED) is 0.527. The largest absolute Gasteiger partial charge is 0.496 e. The lowest BCUT2D eigenvalue weighted by Crippen LogP contribution is -2.59. The predicted molar refractivity (Wildman–Crippen MR) is 133 cm³/mol. The summed E-state index contributed by atoms with van der Waals surface area (Å²) in [6.07, 6.45) is 0.184. The standard InChI is InChI=1S/C27H24ClNO9/c1-12-8-16-21(15(9-19(30)29-16)13-4-6-14(7-5-13)37-11-20(31)32)25(33)27(12)26(34)22-17(35-2)10-18(36-3)23(28)24(22)38-27/h4-7,10,12,15H,8-9,11H2,1-3H3,(H,29,30)(H,31,32)/t12-,15?,27+/m1/s1. The number of aliphatic carboxylic acids is 1. The Hall–Kier alpha value is -4.05. The molecule has 198 valence electrons. The molecule has 5 rings (SSSR count). The van der Waals surface area contributed by atoms with E-state index < -0.39 is 41.6 Å². The number of rotatable bonds is 6. The third-order valence-corrected chi connectivity index (χ3v) is 7.56. The van der Waals surface area contributed by atoms with E-state index >= 15 is 0 Å². The van der Waals surface area contributed by atoms with Crippen LogP contribution in [0.25, 0.3) is 0 Å². The van der Waals surface area contributed by atoms with Crippen LogP contribution in [0.2, 0.25) is 5.02 Å². The summed E-state index contributed by atoms with van der Waals surface area (Å²) in [6.45, 7) is 1.21. The molecule has 0 aromatic heterocycles. The molecule has 2 aliphatic heterocycles. The highest BCUT2D eigenvalue weighted by molar-refractivity contribution is 6.36. The van der Waals surface area contributed by atoms with Gasteiger partial charge in [-0.05, 0) is 24.1 Å². The first-order valence-corrected chi connectivity index (χ1v) is 12.2. The molecule has 38 heavy (non-hydrogen) atoms. The first-order chi connectivity index (χ1) is 18.1. The third kappa shape index (κ3) is 3.78.